The normalized spacial score (nSPS) is 18.3. The fourth-order valence-electron chi connectivity index (χ4n) is 2.83. The first kappa shape index (κ1) is 20.1. The predicted molar refractivity (Wildman–Crippen MR) is 93.2 cm³/mol. The van der Waals surface area contributed by atoms with Gasteiger partial charge in [-0.05, 0) is 18.9 Å². The second-order valence-electron chi connectivity index (χ2n) is 5.87. The van der Waals surface area contributed by atoms with E-state index in [1.807, 2.05) is 0 Å². The maximum atomic E-state index is 13.0. The zero-order valence-corrected chi connectivity index (χ0v) is 15.2. The molecule has 1 heterocycles. The summed E-state index contributed by atoms with van der Waals surface area (Å²) in [6.45, 7) is 0.853. The van der Waals surface area contributed by atoms with E-state index < -0.39 is 20.9 Å². The van der Waals surface area contributed by atoms with Gasteiger partial charge in [0.25, 0.3) is 5.69 Å². The molecular weight excluding hydrogens is 364 g/mol. The molecule has 1 unspecified atom stereocenters. The predicted octanol–water partition coefficient (Wildman–Crippen LogP) is 0.0790. The summed E-state index contributed by atoms with van der Waals surface area (Å²) in [5.74, 6) is -0.721. The number of hydrogen-bond donors (Lipinski definition) is 2. The number of nitrogens with zero attached hydrogens (tertiary/aromatic N) is 2. The first-order valence-corrected chi connectivity index (χ1v) is 9.55. The van der Waals surface area contributed by atoms with Crippen LogP contribution in [0.1, 0.15) is 12.8 Å². The number of benzene rings is 1. The second-order valence-corrected chi connectivity index (χ2v) is 7.78. The summed E-state index contributed by atoms with van der Waals surface area (Å²) in [5.41, 5.74) is 5.01. The van der Waals surface area contributed by atoms with Crippen molar-refractivity contribution in [1.82, 2.24) is 9.62 Å². The van der Waals surface area contributed by atoms with Crippen LogP contribution in [0.5, 0.6) is 5.75 Å². The van der Waals surface area contributed by atoms with Gasteiger partial charge in [-0.3, -0.25) is 14.9 Å². The highest BCUT2D eigenvalue weighted by atomic mass is 32.2. The molecule has 0 aromatic heterocycles. The SMILES string of the molecule is COc1ccc([N+](=O)[O-])cc1S(=O)(=O)N1CCCC(C(=O)NCCN)C1. The Hall–Kier alpha value is -2.24. The van der Waals surface area contributed by atoms with Gasteiger partial charge in [0.2, 0.25) is 15.9 Å². The molecular formula is C15H22N4O6S. The van der Waals surface area contributed by atoms with Gasteiger partial charge in [0, 0.05) is 38.3 Å². The fraction of sp³-hybridized carbons (Fsp3) is 0.533. The van der Waals surface area contributed by atoms with Crippen LogP contribution in [0.15, 0.2) is 23.1 Å². The minimum absolute atomic E-state index is 0.00455. The number of carbonyl (C=O) groups excluding carboxylic acids is 1. The van der Waals surface area contributed by atoms with Crippen molar-refractivity contribution < 1.29 is 22.9 Å². The lowest BCUT2D eigenvalue weighted by atomic mass is 9.99. The van der Waals surface area contributed by atoms with Crippen LogP contribution in [-0.4, -0.2) is 56.8 Å². The third-order valence-electron chi connectivity index (χ3n) is 4.17. The number of nitro groups is 1. The molecule has 0 saturated carbocycles. The Morgan fingerprint density at radius 1 is 1.50 bits per heavy atom. The first-order valence-electron chi connectivity index (χ1n) is 8.11. The number of hydrogen-bond acceptors (Lipinski definition) is 7. The average molecular weight is 386 g/mol. The highest BCUT2D eigenvalue weighted by Gasteiger charge is 2.35. The van der Waals surface area contributed by atoms with Crippen molar-refractivity contribution in [3.05, 3.63) is 28.3 Å². The number of nitro benzene ring substituents is 1. The molecule has 1 fully saturated rings. The molecule has 10 nitrogen and oxygen atoms in total. The lowest BCUT2D eigenvalue weighted by Crippen LogP contribution is -2.46. The maximum absolute atomic E-state index is 13.0. The van der Waals surface area contributed by atoms with Crippen LogP contribution in [0.4, 0.5) is 5.69 Å². The number of sulfonamides is 1. The van der Waals surface area contributed by atoms with E-state index in [0.717, 1.165) is 6.07 Å². The van der Waals surface area contributed by atoms with Crippen LogP contribution in [0.2, 0.25) is 0 Å². The molecule has 26 heavy (non-hydrogen) atoms. The summed E-state index contributed by atoms with van der Waals surface area (Å²) in [6.07, 6.45) is 1.08. The summed E-state index contributed by atoms with van der Waals surface area (Å²) in [6, 6.07) is 3.41. The van der Waals surface area contributed by atoms with Gasteiger partial charge in [0.15, 0.2) is 0 Å². The highest BCUT2D eigenvalue weighted by Crippen LogP contribution is 2.32. The molecule has 0 bridgehead atoms. The molecule has 1 aliphatic heterocycles. The quantitative estimate of drug-likeness (QED) is 0.498. The van der Waals surface area contributed by atoms with Gasteiger partial charge in [-0.1, -0.05) is 0 Å². The van der Waals surface area contributed by atoms with Gasteiger partial charge >= 0.3 is 0 Å². The van der Waals surface area contributed by atoms with E-state index in [1.54, 1.807) is 0 Å². The Balaban J connectivity index is 2.30. The van der Waals surface area contributed by atoms with Crippen LogP contribution < -0.4 is 15.8 Å². The second kappa shape index (κ2) is 8.43. The van der Waals surface area contributed by atoms with Crippen LogP contribution in [0.25, 0.3) is 0 Å². The minimum Gasteiger partial charge on any atom is -0.495 e. The number of methoxy groups -OCH3 is 1. The van der Waals surface area contributed by atoms with E-state index >= 15 is 0 Å². The van der Waals surface area contributed by atoms with Crippen molar-refractivity contribution in [1.29, 1.82) is 0 Å². The molecule has 0 aliphatic carbocycles. The Morgan fingerprint density at radius 3 is 2.85 bits per heavy atom. The molecule has 2 rings (SSSR count). The Labute approximate surface area is 151 Å². The summed E-state index contributed by atoms with van der Waals surface area (Å²) in [7, 11) is -2.76. The number of ether oxygens (including phenoxy) is 1. The van der Waals surface area contributed by atoms with Gasteiger partial charge in [-0.25, -0.2) is 8.42 Å². The van der Waals surface area contributed by atoms with Crippen LogP contribution in [-0.2, 0) is 14.8 Å². The molecule has 11 heteroatoms. The molecule has 0 spiro atoms. The molecule has 1 amide bonds. The van der Waals surface area contributed by atoms with Gasteiger partial charge in [-0.15, -0.1) is 0 Å². The maximum Gasteiger partial charge on any atom is 0.271 e. The monoisotopic (exact) mass is 386 g/mol. The van der Waals surface area contributed by atoms with E-state index in [0.29, 0.717) is 25.9 Å². The molecule has 1 aromatic rings. The van der Waals surface area contributed by atoms with Crippen LogP contribution in [0, 0.1) is 16.0 Å². The topological polar surface area (TPSA) is 145 Å². The largest absolute Gasteiger partial charge is 0.495 e. The fourth-order valence-corrected chi connectivity index (χ4v) is 4.53. The Bertz CT molecular complexity index is 782. The summed E-state index contributed by atoms with van der Waals surface area (Å²) >= 11 is 0. The lowest BCUT2D eigenvalue weighted by molar-refractivity contribution is -0.385. The van der Waals surface area contributed by atoms with E-state index in [2.05, 4.69) is 5.32 Å². The van der Waals surface area contributed by atoms with E-state index in [9.17, 15) is 23.3 Å². The minimum atomic E-state index is -4.05. The van der Waals surface area contributed by atoms with Crippen molar-refractivity contribution >= 4 is 21.6 Å². The number of carbonyl (C=O) groups is 1. The number of nitrogens with one attached hydrogen (secondary N) is 1. The number of rotatable bonds is 7. The lowest BCUT2D eigenvalue weighted by Gasteiger charge is -2.31. The summed E-state index contributed by atoms with van der Waals surface area (Å²) < 4.78 is 32.2. The zero-order valence-electron chi connectivity index (χ0n) is 14.4. The Morgan fingerprint density at radius 2 is 2.23 bits per heavy atom. The summed E-state index contributed by atoms with van der Waals surface area (Å²) in [5, 5.41) is 13.7. The van der Waals surface area contributed by atoms with Gasteiger partial charge < -0.3 is 15.8 Å². The standard InChI is InChI=1S/C15H22N4O6S/c1-25-13-5-4-12(19(21)22)9-14(13)26(23,24)18-8-2-3-11(10-18)15(20)17-7-6-16/h4-5,9,11H,2-3,6-8,10,16H2,1H3,(H,17,20). The molecule has 144 valence electrons. The smallest absolute Gasteiger partial charge is 0.271 e. The van der Waals surface area contributed by atoms with E-state index in [4.69, 9.17) is 10.5 Å². The van der Waals surface area contributed by atoms with Crippen molar-refractivity contribution in [2.24, 2.45) is 11.7 Å². The van der Waals surface area contributed by atoms with Gasteiger partial charge in [-0.2, -0.15) is 4.31 Å². The van der Waals surface area contributed by atoms with Gasteiger partial charge in [0.05, 0.1) is 18.0 Å². The molecule has 0 radical (unpaired) electrons. The first-order chi connectivity index (χ1) is 12.3. The number of non-ortho nitro benzene ring substituents is 1. The third-order valence-corrected chi connectivity index (χ3v) is 6.06. The van der Waals surface area contributed by atoms with Crippen molar-refractivity contribution in [3.63, 3.8) is 0 Å². The highest BCUT2D eigenvalue weighted by molar-refractivity contribution is 7.89. The van der Waals surface area contributed by atoms with Crippen LogP contribution in [0.3, 0.4) is 0 Å². The van der Waals surface area contributed by atoms with Crippen molar-refractivity contribution in [2.45, 2.75) is 17.7 Å². The molecule has 3 N–H and O–H groups in total. The van der Waals surface area contributed by atoms with Gasteiger partial charge in [0.1, 0.15) is 10.6 Å². The number of piperidine rings is 1. The number of amides is 1. The third kappa shape index (κ3) is 4.29. The number of nitrogens with two attached hydrogens (primary N) is 1. The van der Waals surface area contributed by atoms with Crippen molar-refractivity contribution in [3.8, 4) is 5.75 Å². The Kier molecular flexibility index (Phi) is 6.51. The zero-order chi connectivity index (χ0) is 19.3. The van der Waals surface area contributed by atoms with Crippen LogP contribution >= 0.6 is 0 Å². The molecule has 1 aliphatic rings. The van der Waals surface area contributed by atoms with E-state index in [1.165, 1.54) is 23.5 Å². The molecule has 1 atom stereocenters. The van der Waals surface area contributed by atoms with E-state index in [-0.39, 0.29) is 35.3 Å². The average Bonchev–Trinajstić information content (AvgIpc) is 2.65. The molecule has 1 saturated heterocycles. The van der Waals surface area contributed by atoms with Crippen molar-refractivity contribution in [2.75, 3.05) is 33.3 Å². The molecule has 1 aromatic carbocycles. The summed E-state index contributed by atoms with van der Waals surface area (Å²) in [4.78, 5) is 22.2.